The molecule has 0 unspecified atom stereocenters. The second-order valence-corrected chi connectivity index (χ2v) is 3.30. The van der Waals surface area contributed by atoms with Crippen molar-refractivity contribution in [2.75, 3.05) is 5.32 Å². The van der Waals surface area contributed by atoms with E-state index in [4.69, 9.17) is 4.42 Å². The van der Waals surface area contributed by atoms with Crippen LogP contribution in [0.3, 0.4) is 0 Å². The Morgan fingerprint density at radius 3 is 3.13 bits per heavy atom. The molecule has 0 aliphatic rings. The van der Waals surface area contributed by atoms with Crippen molar-refractivity contribution in [3.05, 3.63) is 24.1 Å². The van der Waals surface area contributed by atoms with Crippen molar-refractivity contribution in [1.82, 2.24) is 4.98 Å². The predicted molar refractivity (Wildman–Crippen MR) is 57.7 cm³/mol. The Morgan fingerprint density at radius 1 is 1.53 bits per heavy atom. The highest BCUT2D eigenvalue weighted by atomic mass is 16.3. The second-order valence-electron chi connectivity index (χ2n) is 3.30. The van der Waals surface area contributed by atoms with E-state index >= 15 is 0 Å². The number of oxazole rings is 1. The third-order valence-corrected chi connectivity index (χ3v) is 2.12. The third kappa shape index (κ3) is 1.98. The van der Waals surface area contributed by atoms with Gasteiger partial charge < -0.3 is 9.73 Å². The summed E-state index contributed by atoms with van der Waals surface area (Å²) in [6.07, 6.45) is 2.49. The van der Waals surface area contributed by atoms with Crippen LogP contribution in [0.1, 0.15) is 19.2 Å². The van der Waals surface area contributed by atoms with Crippen LogP contribution in [0.25, 0.3) is 11.1 Å². The van der Waals surface area contributed by atoms with Gasteiger partial charge >= 0.3 is 0 Å². The highest BCUT2D eigenvalue weighted by Gasteiger charge is 2.05. The molecule has 1 heterocycles. The Kier molecular flexibility index (Phi) is 2.67. The number of anilines is 1. The molecule has 0 bridgehead atoms. The minimum absolute atomic E-state index is 0.647. The van der Waals surface area contributed by atoms with Crippen molar-refractivity contribution in [2.24, 2.45) is 0 Å². The van der Waals surface area contributed by atoms with Gasteiger partial charge in [0.1, 0.15) is 5.52 Å². The molecule has 78 valence electrons. The Labute approximate surface area is 87.3 Å². The number of amides is 1. The molecule has 1 aromatic heterocycles. The molecule has 15 heavy (non-hydrogen) atoms. The standard InChI is InChI=1S/C11H12N2O2/c1-2-3-11-13-9-6-8(12-7-14)4-5-10(9)15-11/h4-7H,2-3H2,1H3,(H,12,14). The lowest BCUT2D eigenvalue weighted by Gasteiger charge is -1.95. The van der Waals surface area contributed by atoms with Gasteiger partial charge in [0.25, 0.3) is 0 Å². The number of aryl methyl sites for hydroxylation is 1. The number of carbonyl (C=O) groups excluding carboxylic acids is 1. The number of fused-ring (bicyclic) bond motifs is 1. The summed E-state index contributed by atoms with van der Waals surface area (Å²) in [6.45, 7) is 2.08. The third-order valence-electron chi connectivity index (χ3n) is 2.12. The minimum Gasteiger partial charge on any atom is -0.441 e. The van der Waals surface area contributed by atoms with Crippen LogP contribution in [0, 0.1) is 0 Å². The largest absolute Gasteiger partial charge is 0.441 e. The minimum atomic E-state index is 0.647. The van der Waals surface area contributed by atoms with Crippen LogP contribution in [0.4, 0.5) is 5.69 Å². The lowest BCUT2D eigenvalue weighted by atomic mass is 10.3. The summed E-state index contributed by atoms with van der Waals surface area (Å²) in [7, 11) is 0. The first-order valence-electron chi connectivity index (χ1n) is 4.93. The van der Waals surface area contributed by atoms with Crippen LogP contribution < -0.4 is 5.32 Å². The average molecular weight is 204 g/mol. The van der Waals surface area contributed by atoms with Crippen molar-refractivity contribution >= 4 is 23.2 Å². The number of nitrogens with one attached hydrogen (secondary N) is 1. The number of rotatable bonds is 4. The zero-order valence-electron chi connectivity index (χ0n) is 8.49. The highest BCUT2D eigenvalue weighted by Crippen LogP contribution is 2.20. The van der Waals surface area contributed by atoms with Crippen LogP contribution in [-0.2, 0) is 11.2 Å². The smallest absolute Gasteiger partial charge is 0.211 e. The first-order valence-corrected chi connectivity index (χ1v) is 4.93. The highest BCUT2D eigenvalue weighted by molar-refractivity contribution is 5.81. The Hall–Kier alpha value is -1.84. The number of benzene rings is 1. The van der Waals surface area contributed by atoms with Gasteiger partial charge in [-0.25, -0.2) is 4.98 Å². The number of nitrogens with zero attached hydrogens (tertiary/aromatic N) is 1. The van der Waals surface area contributed by atoms with Crippen LogP contribution in [0.5, 0.6) is 0 Å². The zero-order chi connectivity index (χ0) is 10.7. The fourth-order valence-electron chi connectivity index (χ4n) is 1.45. The van der Waals surface area contributed by atoms with E-state index in [0.717, 1.165) is 35.5 Å². The van der Waals surface area contributed by atoms with Crippen molar-refractivity contribution in [1.29, 1.82) is 0 Å². The first-order chi connectivity index (χ1) is 7.33. The molecular formula is C11H12N2O2. The molecule has 0 saturated carbocycles. The van der Waals surface area contributed by atoms with E-state index in [1.807, 2.05) is 6.07 Å². The van der Waals surface area contributed by atoms with E-state index in [9.17, 15) is 4.79 Å². The molecule has 4 heteroatoms. The van der Waals surface area contributed by atoms with Gasteiger partial charge in [0.2, 0.25) is 6.41 Å². The summed E-state index contributed by atoms with van der Waals surface area (Å²) < 4.78 is 5.51. The zero-order valence-corrected chi connectivity index (χ0v) is 8.49. The van der Waals surface area contributed by atoms with Gasteiger partial charge in [-0.05, 0) is 24.6 Å². The molecule has 0 aliphatic carbocycles. The maximum Gasteiger partial charge on any atom is 0.211 e. The summed E-state index contributed by atoms with van der Waals surface area (Å²) in [6, 6.07) is 5.40. The van der Waals surface area contributed by atoms with E-state index in [1.165, 1.54) is 0 Å². The van der Waals surface area contributed by atoms with Gasteiger partial charge in [-0.15, -0.1) is 0 Å². The maximum absolute atomic E-state index is 10.3. The van der Waals surface area contributed by atoms with Gasteiger partial charge in [0.15, 0.2) is 11.5 Å². The quantitative estimate of drug-likeness (QED) is 0.778. The molecule has 1 N–H and O–H groups in total. The van der Waals surface area contributed by atoms with Gasteiger partial charge in [-0.1, -0.05) is 6.92 Å². The Morgan fingerprint density at radius 2 is 2.40 bits per heavy atom. The molecule has 0 spiro atoms. The summed E-state index contributed by atoms with van der Waals surface area (Å²) >= 11 is 0. The average Bonchev–Trinajstić information content (AvgIpc) is 2.60. The molecule has 0 atom stereocenters. The van der Waals surface area contributed by atoms with Crippen LogP contribution in [-0.4, -0.2) is 11.4 Å². The van der Waals surface area contributed by atoms with Gasteiger partial charge in [-0.3, -0.25) is 4.79 Å². The van der Waals surface area contributed by atoms with E-state index < -0.39 is 0 Å². The van der Waals surface area contributed by atoms with Crippen molar-refractivity contribution in [3.63, 3.8) is 0 Å². The monoisotopic (exact) mass is 204 g/mol. The fourth-order valence-corrected chi connectivity index (χ4v) is 1.45. The van der Waals surface area contributed by atoms with Crippen molar-refractivity contribution in [2.45, 2.75) is 19.8 Å². The van der Waals surface area contributed by atoms with Crippen LogP contribution >= 0.6 is 0 Å². The number of carbonyl (C=O) groups is 1. The molecule has 0 fully saturated rings. The number of hydrogen-bond acceptors (Lipinski definition) is 3. The van der Waals surface area contributed by atoms with Crippen molar-refractivity contribution < 1.29 is 9.21 Å². The lowest BCUT2D eigenvalue weighted by molar-refractivity contribution is -0.105. The Balaban J connectivity index is 2.38. The molecular weight excluding hydrogens is 192 g/mol. The molecule has 2 rings (SSSR count). The summed E-state index contributed by atoms with van der Waals surface area (Å²) in [5.74, 6) is 0.746. The van der Waals surface area contributed by atoms with E-state index in [1.54, 1.807) is 12.1 Å². The topological polar surface area (TPSA) is 55.1 Å². The molecule has 0 saturated heterocycles. The molecule has 1 amide bonds. The van der Waals surface area contributed by atoms with Gasteiger partial charge in [-0.2, -0.15) is 0 Å². The summed E-state index contributed by atoms with van der Waals surface area (Å²) in [5, 5.41) is 2.58. The second kappa shape index (κ2) is 4.13. The molecule has 4 nitrogen and oxygen atoms in total. The predicted octanol–water partition coefficient (Wildman–Crippen LogP) is 2.35. The van der Waals surface area contributed by atoms with Crippen LogP contribution in [0.2, 0.25) is 0 Å². The first kappa shape index (κ1) is 9.71. The SMILES string of the molecule is CCCc1nc2cc(NC=O)ccc2o1. The van der Waals surface area contributed by atoms with Gasteiger partial charge in [0, 0.05) is 12.1 Å². The van der Waals surface area contributed by atoms with E-state index in [0.29, 0.717) is 6.41 Å². The summed E-state index contributed by atoms with van der Waals surface area (Å²) in [4.78, 5) is 14.6. The fraction of sp³-hybridized carbons (Fsp3) is 0.273. The summed E-state index contributed by atoms with van der Waals surface area (Å²) in [5.41, 5.74) is 2.27. The maximum atomic E-state index is 10.3. The van der Waals surface area contributed by atoms with Crippen LogP contribution in [0.15, 0.2) is 22.6 Å². The number of hydrogen-bond donors (Lipinski definition) is 1. The lowest BCUT2D eigenvalue weighted by Crippen LogP contribution is -1.92. The Bertz CT molecular complexity index is 476. The van der Waals surface area contributed by atoms with Crippen molar-refractivity contribution in [3.8, 4) is 0 Å². The number of aromatic nitrogens is 1. The van der Waals surface area contributed by atoms with Gasteiger partial charge in [0.05, 0.1) is 0 Å². The molecule has 2 aromatic rings. The molecule has 0 aliphatic heterocycles. The van der Waals surface area contributed by atoms with E-state index in [-0.39, 0.29) is 0 Å². The van der Waals surface area contributed by atoms with E-state index in [2.05, 4.69) is 17.2 Å². The normalized spacial score (nSPS) is 10.5. The molecule has 0 radical (unpaired) electrons. The molecule has 1 aromatic carbocycles.